The molecule has 0 saturated carbocycles. The summed E-state index contributed by atoms with van der Waals surface area (Å²) >= 11 is 12.3. The minimum atomic E-state index is -0.536. The maximum Gasteiger partial charge on any atom is 0.408 e. The number of hydrogen-bond acceptors (Lipinski definition) is 7. The van der Waals surface area contributed by atoms with Crippen LogP contribution < -0.4 is 16.0 Å². The number of aromatic nitrogens is 3. The topological polar surface area (TPSA) is 106 Å². The summed E-state index contributed by atoms with van der Waals surface area (Å²) in [6, 6.07) is 5.22. The normalized spacial score (nSPS) is 16.3. The summed E-state index contributed by atoms with van der Waals surface area (Å²) < 4.78 is 5.37. The molecule has 0 unspecified atom stereocenters. The number of nitrogens with zero attached hydrogens (tertiary/aromatic N) is 4. The van der Waals surface area contributed by atoms with Crippen molar-refractivity contribution >= 4 is 41.1 Å². The molecule has 30 heavy (non-hydrogen) atoms. The van der Waals surface area contributed by atoms with E-state index in [2.05, 4.69) is 20.5 Å². The summed E-state index contributed by atoms with van der Waals surface area (Å²) in [5, 5.41) is 12.2. The molecule has 0 bridgehead atoms. The van der Waals surface area contributed by atoms with Crippen molar-refractivity contribution in [3.63, 3.8) is 0 Å². The van der Waals surface area contributed by atoms with Crippen LogP contribution >= 0.6 is 23.2 Å². The van der Waals surface area contributed by atoms with Gasteiger partial charge >= 0.3 is 6.09 Å². The number of alkyl carbamates (subject to hydrolysis) is 1. The predicted octanol–water partition coefficient (Wildman–Crippen LogP) is 4.31. The van der Waals surface area contributed by atoms with Crippen molar-refractivity contribution in [3.05, 3.63) is 28.2 Å². The summed E-state index contributed by atoms with van der Waals surface area (Å²) in [6.45, 7) is 8.81. The molecule has 0 atom stereocenters. The van der Waals surface area contributed by atoms with Gasteiger partial charge in [0.25, 0.3) is 0 Å². The molecule has 0 spiro atoms. The smallest absolute Gasteiger partial charge is 0.408 e. The van der Waals surface area contributed by atoms with E-state index in [1.165, 1.54) is 0 Å². The summed E-state index contributed by atoms with van der Waals surface area (Å²) in [5.74, 6) is 0.665. The van der Waals surface area contributed by atoms with Gasteiger partial charge in [0.2, 0.25) is 5.95 Å². The van der Waals surface area contributed by atoms with Gasteiger partial charge in [-0.05, 0) is 46.6 Å². The zero-order valence-electron chi connectivity index (χ0n) is 17.5. The Morgan fingerprint density at radius 1 is 1.23 bits per heavy atom. The standard InChI is InChI=1S/C20H26Cl2N6O2/c1-19(2,3)30-18(29)25-20(4)8-10-28(11-9-20)17-24-16(23)15(26-27-17)12-6-5-7-13(21)14(12)22/h5-7H,8-11H2,1-4H3,(H,25,29)(H2,23,24,27). The van der Waals surface area contributed by atoms with Gasteiger partial charge in [-0.2, -0.15) is 4.98 Å². The molecule has 3 N–H and O–H groups in total. The minimum absolute atomic E-state index is 0.226. The lowest BCUT2D eigenvalue weighted by Crippen LogP contribution is -2.54. The molecule has 0 aliphatic carbocycles. The molecule has 3 rings (SSSR count). The van der Waals surface area contributed by atoms with E-state index in [0.29, 0.717) is 53.2 Å². The zero-order chi connectivity index (χ0) is 22.1. The van der Waals surface area contributed by atoms with E-state index in [-0.39, 0.29) is 11.4 Å². The van der Waals surface area contributed by atoms with Crippen molar-refractivity contribution < 1.29 is 9.53 Å². The largest absolute Gasteiger partial charge is 0.444 e. The number of benzene rings is 1. The highest BCUT2D eigenvalue weighted by Crippen LogP contribution is 2.35. The lowest BCUT2D eigenvalue weighted by molar-refractivity contribution is 0.0448. The van der Waals surface area contributed by atoms with Crippen LogP contribution in [0.25, 0.3) is 11.3 Å². The fraction of sp³-hybridized carbons (Fsp3) is 0.500. The first kappa shape index (κ1) is 22.4. The van der Waals surface area contributed by atoms with Crippen molar-refractivity contribution in [1.29, 1.82) is 0 Å². The Hall–Kier alpha value is -2.32. The van der Waals surface area contributed by atoms with Crippen molar-refractivity contribution in [2.75, 3.05) is 23.7 Å². The SMILES string of the molecule is CC1(NC(=O)OC(C)(C)C)CCN(c2nnc(-c3cccc(Cl)c3Cl)c(N)n2)CC1. The molecule has 10 heteroatoms. The Bertz CT molecular complexity index is 939. The predicted molar refractivity (Wildman–Crippen MR) is 119 cm³/mol. The van der Waals surface area contributed by atoms with Gasteiger partial charge in [0.15, 0.2) is 5.82 Å². The zero-order valence-corrected chi connectivity index (χ0v) is 19.0. The van der Waals surface area contributed by atoms with E-state index in [1.54, 1.807) is 18.2 Å². The van der Waals surface area contributed by atoms with Gasteiger partial charge in [-0.15, -0.1) is 10.2 Å². The fourth-order valence-electron chi connectivity index (χ4n) is 3.22. The van der Waals surface area contributed by atoms with Crippen LogP contribution in [0.3, 0.4) is 0 Å². The van der Waals surface area contributed by atoms with E-state index in [9.17, 15) is 4.79 Å². The number of halogens is 2. The van der Waals surface area contributed by atoms with Crippen molar-refractivity contribution in [2.24, 2.45) is 0 Å². The van der Waals surface area contributed by atoms with Crippen molar-refractivity contribution in [1.82, 2.24) is 20.5 Å². The monoisotopic (exact) mass is 452 g/mol. The van der Waals surface area contributed by atoms with Gasteiger partial charge < -0.3 is 20.7 Å². The van der Waals surface area contributed by atoms with Gasteiger partial charge in [0.1, 0.15) is 11.3 Å². The van der Waals surface area contributed by atoms with Gasteiger partial charge in [0, 0.05) is 24.2 Å². The van der Waals surface area contributed by atoms with E-state index in [1.807, 2.05) is 32.6 Å². The van der Waals surface area contributed by atoms with E-state index < -0.39 is 11.7 Å². The maximum atomic E-state index is 12.1. The van der Waals surface area contributed by atoms with Crippen LogP contribution in [0, 0.1) is 0 Å². The second-order valence-electron chi connectivity index (χ2n) is 8.62. The highest BCUT2D eigenvalue weighted by Gasteiger charge is 2.34. The third kappa shape index (κ3) is 5.23. The average molecular weight is 453 g/mol. The van der Waals surface area contributed by atoms with Crippen molar-refractivity contribution in [3.8, 4) is 11.3 Å². The number of piperidine rings is 1. The van der Waals surface area contributed by atoms with Gasteiger partial charge in [-0.1, -0.05) is 35.3 Å². The second-order valence-corrected chi connectivity index (χ2v) is 9.41. The first-order chi connectivity index (χ1) is 14.0. The fourth-order valence-corrected chi connectivity index (χ4v) is 3.61. The number of nitrogens with two attached hydrogens (primary N) is 1. The third-order valence-electron chi connectivity index (χ3n) is 4.86. The molecule has 1 aromatic carbocycles. The quantitative estimate of drug-likeness (QED) is 0.713. The average Bonchev–Trinajstić information content (AvgIpc) is 2.63. The molecule has 0 radical (unpaired) electrons. The van der Waals surface area contributed by atoms with Crippen LogP contribution in [0.4, 0.5) is 16.6 Å². The molecular formula is C20H26Cl2N6O2. The Balaban J connectivity index is 1.68. The Morgan fingerprint density at radius 2 is 1.90 bits per heavy atom. The van der Waals surface area contributed by atoms with Crippen LogP contribution in [-0.4, -0.2) is 45.5 Å². The summed E-state index contributed by atoms with van der Waals surface area (Å²) in [4.78, 5) is 18.5. The van der Waals surface area contributed by atoms with Crippen molar-refractivity contribution in [2.45, 2.75) is 51.7 Å². The van der Waals surface area contributed by atoms with E-state index >= 15 is 0 Å². The molecule has 1 saturated heterocycles. The molecule has 1 fully saturated rings. The molecule has 1 aromatic heterocycles. The molecule has 1 amide bonds. The molecule has 162 valence electrons. The first-order valence-corrected chi connectivity index (χ1v) is 10.4. The van der Waals surface area contributed by atoms with Crippen LogP contribution in [0.1, 0.15) is 40.5 Å². The number of nitrogen functional groups attached to an aromatic ring is 1. The molecular weight excluding hydrogens is 427 g/mol. The number of nitrogens with one attached hydrogen (secondary N) is 1. The van der Waals surface area contributed by atoms with Gasteiger partial charge in [-0.3, -0.25) is 0 Å². The van der Waals surface area contributed by atoms with Crippen LogP contribution in [0.2, 0.25) is 10.0 Å². The van der Waals surface area contributed by atoms with Gasteiger partial charge in [0.05, 0.1) is 10.0 Å². The molecule has 8 nitrogen and oxygen atoms in total. The first-order valence-electron chi connectivity index (χ1n) is 9.68. The number of anilines is 2. The number of rotatable bonds is 3. The van der Waals surface area contributed by atoms with Crippen LogP contribution in [0.5, 0.6) is 0 Å². The Labute approximate surface area is 186 Å². The molecule has 1 aliphatic rings. The number of carbonyl (C=O) groups excluding carboxylic acids is 1. The second kappa shape index (κ2) is 8.43. The molecule has 1 aliphatic heterocycles. The van der Waals surface area contributed by atoms with Crippen LogP contribution in [0.15, 0.2) is 18.2 Å². The lowest BCUT2D eigenvalue weighted by Gasteiger charge is -2.40. The maximum absolute atomic E-state index is 12.1. The molecule has 2 heterocycles. The summed E-state index contributed by atoms with van der Waals surface area (Å²) in [6.07, 6.45) is 0.998. The van der Waals surface area contributed by atoms with E-state index in [4.69, 9.17) is 33.7 Å². The van der Waals surface area contributed by atoms with Crippen LogP contribution in [-0.2, 0) is 4.74 Å². The minimum Gasteiger partial charge on any atom is -0.444 e. The Kier molecular flexibility index (Phi) is 6.29. The van der Waals surface area contributed by atoms with Gasteiger partial charge in [-0.25, -0.2) is 4.79 Å². The summed E-state index contributed by atoms with van der Waals surface area (Å²) in [7, 11) is 0. The number of ether oxygens (including phenoxy) is 1. The Morgan fingerprint density at radius 3 is 2.50 bits per heavy atom. The number of carbonyl (C=O) groups is 1. The number of amides is 1. The number of hydrogen-bond donors (Lipinski definition) is 2. The highest BCUT2D eigenvalue weighted by atomic mass is 35.5. The van der Waals surface area contributed by atoms with E-state index in [0.717, 1.165) is 0 Å². The third-order valence-corrected chi connectivity index (χ3v) is 5.68. The molecule has 2 aromatic rings. The lowest BCUT2D eigenvalue weighted by atomic mass is 9.90. The summed E-state index contributed by atoms with van der Waals surface area (Å²) in [5.41, 5.74) is 6.21. The highest BCUT2D eigenvalue weighted by molar-refractivity contribution is 6.43.